The highest BCUT2D eigenvalue weighted by Crippen LogP contribution is 2.38. The van der Waals surface area contributed by atoms with Gasteiger partial charge in [0.1, 0.15) is 0 Å². The summed E-state index contributed by atoms with van der Waals surface area (Å²) in [5, 5.41) is 32.5. The maximum absolute atomic E-state index is 12.7. The normalized spacial score (nSPS) is 12.6. The maximum atomic E-state index is 12.7. The fraction of sp³-hybridized carbons (Fsp3) is 0.0909. The van der Waals surface area contributed by atoms with Crippen LogP contribution in [0.1, 0.15) is 21.5 Å². The van der Waals surface area contributed by atoms with E-state index in [1.165, 1.54) is 42.3 Å². The first-order chi connectivity index (χ1) is 14.3. The van der Waals surface area contributed by atoms with Crippen LogP contribution in [0.2, 0.25) is 0 Å². The number of rotatable bonds is 6. The van der Waals surface area contributed by atoms with Crippen molar-refractivity contribution in [3.63, 3.8) is 0 Å². The van der Waals surface area contributed by atoms with E-state index in [4.69, 9.17) is 0 Å². The van der Waals surface area contributed by atoms with E-state index in [9.17, 15) is 29.9 Å². The van der Waals surface area contributed by atoms with Gasteiger partial charge in [-0.25, -0.2) is 4.79 Å². The van der Waals surface area contributed by atoms with E-state index in [1.807, 2.05) is 0 Å². The first-order valence-electron chi connectivity index (χ1n) is 8.90. The Balaban J connectivity index is 2.11. The van der Waals surface area contributed by atoms with Gasteiger partial charge in [-0.05, 0) is 29.8 Å². The molecule has 3 aromatic rings. The van der Waals surface area contributed by atoms with Gasteiger partial charge >= 0.3 is 5.97 Å². The predicted octanol–water partition coefficient (Wildman–Crippen LogP) is 3.19. The number of amides is 1. The van der Waals surface area contributed by atoms with Gasteiger partial charge in [-0.3, -0.25) is 14.9 Å². The number of aliphatic carboxylic acids is 1. The number of nitro benzene ring substituents is 1. The SMILES string of the molecule is CN(C(=O)c1ccccc1)c1ccc([C@@](O)(C(=O)O)c2ccccc2)c([N+](=O)[O-])c1. The molecule has 3 rings (SSSR count). The molecule has 0 saturated carbocycles. The summed E-state index contributed by atoms with van der Waals surface area (Å²) in [6.07, 6.45) is 0. The summed E-state index contributed by atoms with van der Waals surface area (Å²) in [5.41, 5.74) is -3.12. The molecule has 0 spiro atoms. The average molecular weight is 406 g/mol. The first-order valence-corrected chi connectivity index (χ1v) is 8.90. The van der Waals surface area contributed by atoms with Crippen LogP contribution in [-0.2, 0) is 10.4 Å². The molecule has 0 bridgehead atoms. The molecule has 0 aliphatic heterocycles. The highest BCUT2D eigenvalue weighted by atomic mass is 16.6. The topological polar surface area (TPSA) is 121 Å². The Morgan fingerprint density at radius 2 is 1.53 bits per heavy atom. The standard InChI is InChI=1S/C22H18N2O6/c1-23(20(25)15-8-4-2-5-9-15)17-12-13-18(19(14-17)24(29)30)22(28,21(26)27)16-10-6-3-7-11-16/h2-14,28H,1H3,(H,26,27)/t22-/m1/s1. The zero-order valence-corrected chi connectivity index (χ0v) is 15.9. The van der Waals surface area contributed by atoms with Crippen molar-refractivity contribution in [2.24, 2.45) is 0 Å². The van der Waals surface area contributed by atoms with Gasteiger partial charge in [0.05, 0.1) is 16.2 Å². The molecule has 0 aromatic heterocycles. The Labute approximate surface area is 171 Å². The summed E-state index contributed by atoms with van der Waals surface area (Å²) < 4.78 is 0. The smallest absolute Gasteiger partial charge is 0.345 e. The second kappa shape index (κ2) is 8.14. The number of aliphatic hydroxyl groups is 1. The van der Waals surface area contributed by atoms with E-state index in [0.29, 0.717) is 5.56 Å². The Morgan fingerprint density at radius 1 is 0.967 bits per heavy atom. The van der Waals surface area contributed by atoms with Crippen molar-refractivity contribution in [2.75, 3.05) is 11.9 Å². The summed E-state index contributed by atoms with van der Waals surface area (Å²) in [5.74, 6) is -2.05. The zero-order valence-electron chi connectivity index (χ0n) is 15.9. The molecule has 1 atom stereocenters. The monoisotopic (exact) mass is 406 g/mol. The molecule has 8 heteroatoms. The van der Waals surface area contributed by atoms with Crippen LogP contribution in [0.25, 0.3) is 0 Å². The Morgan fingerprint density at radius 3 is 2.07 bits per heavy atom. The number of nitrogens with zero attached hydrogens (tertiary/aromatic N) is 2. The van der Waals surface area contributed by atoms with Crippen LogP contribution in [0.15, 0.2) is 78.9 Å². The summed E-state index contributed by atoms with van der Waals surface area (Å²) in [7, 11) is 1.45. The largest absolute Gasteiger partial charge is 0.479 e. The highest BCUT2D eigenvalue weighted by molar-refractivity contribution is 6.06. The number of anilines is 1. The summed E-state index contributed by atoms with van der Waals surface area (Å²) >= 11 is 0. The molecule has 0 radical (unpaired) electrons. The number of nitro groups is 1. The van der Waals surface area contributed by atoms with Gasteiger partial charge in [0, 0.05) is 18.7 Å². The number of carboxylic acids is 1. The molecule has 30 heavy (non-hydrogen) atoms. The van der Waals surface area contributed by atoms with Crippen molar-refractivity contribution in [3.05, 3.63) is 106 Å². The molecule has 1 amide bonds. The second-order valence-corrected chi connectivity index (χ2v) is 6.57. The third kappa shape index (κ3) is 3.63. The van der Waals surface area contributed by atoms with E-state index in [-0.39, 0.29) is 11.3 Å². The Hall–Kier alpha value is -4.04. The van der Waals surface area contributed by atoms with Crippen LogP contribution >= 0.6 is 0 Å². The van der Waals surface area contributed by atoms with Crippen LogP contribution in [0.4, 0.5) is 11.4 Å². The molecule has 0 saturated heterocycles. The molecule has 0 fully saturated rings. The lowest BCUT2D eigenvalue weighted by Gasteiger charge is -2.25. The van der Waals surface area contributed by atoms with Crippen LogP contribution in [0.5, 0.6) is 0 Å². The summed E-state index contributed by atoms with van der Waals surface area (Å²) in [6, 6.07) is 19.4. The fourth-order valence-corrected chi connectivity index (χ4v) is 3.15. The molecule has 152 valence electrons. The Bertz CT molecular complexity index is 1100. The molecule has 2 N–H and O–H groups in total. The van der Waals surface area contributed by atoms with Crippen molar-refractivity contribution in [2.45, 2.75) is 5.60 Å². The first kappa shape index (κ1) is 20.7. The molecular formula is C22H18N2O6. The molecule has 0 unspecified atom stereocenters. The lowest BCUT2D eigenvalue weighted by molar-refractivity contribution is -0.386. The zero-order chi connectivity index (χ0) is 21.9. The van der Waals surface area contributed by atoms with Crippen molar-refractivity contribution < 1.29 is 24.7 Å². The second-order valence-electron chi connectivity index (χ2n) is 6.57. The molecule has 8 nitrogen and oxygen atoms in total. The highest BCUT2D eigenvalue weighted by Gasteiger charge is 2.45. The van der Waals surface area contributed by atoms with Crippen LogP contribution < -0.4 is 4.90 Å². The average Bonchev–Trinajstić information content (AvgIpc) is 2.78. The van der Waals surface area contributed by atoms with Crippen molar-refractivity contribution in [1.29, 1.82) is 0 Å². The number of carboxylic acid groups (broad SMARTS) is 1. The minimum atomic E-state index is -2.63. The third-order valence-corrected chi connectivity index (χ3v) is 4.78. The van der Waals surface area contributed by atoms with Gasteiger partial charge in [0.15, 0.2) is 0 Å². The van der Waals surface area contributed by atoms with E-state index in [0.717, 1.165) is 12.1 Å². The van der Waals surface area contributed by atoms with Gasteiger partial charge in [0.2, 0.25) is 5.60 Å². The maximum Gasteiger partial charge on any atom is 0.345 e. The van der Waals surface area contributed by atoms with E-state index in [2.05, 4.69) is 0 Å². The molecule has 0 aliphatic rings. The van der Waals surface area contributed by atoms with Crippen LogP contribution in [0.3, 0.4) is 0 Å². The van der Waals surface area contributed by atoms with Crippen LogP contribution in [-0.4, -0.2) is 34.1 Å². The van der Waals surface area contributed by atoms with E-state index >= 15 is 0 Å². The molecule has 3 aromatic carbocycles. The number of benzene rings is 3. The summed E-state index contributed by atoms with van der Waals surface area (Å²) in [4.78, 5) is 36.8. The van der Waals surface area contributed by atoms with Gasteiger partial charge in [0.25, 0.3) is 11.6 Å². The quantitative estimate of drug-likeness (QED) is 0.479. The van der Waals surface area contributed by atoms with Crippen molar-refractivity contribution >= 4 is 23.3 Å². The Kier molecular flexibility index (Phi) is 5.61. The van der Waals surface area contributed by atoms with E-state index < -0.39 is 33.7 Å². The van der Waals surface area contributed by atoms with Gasteiger partial charge < -0.3 is 15.1 Å². The molecule has 0 aliphatic carbocycles. The van der Waals surface area contributed by atoms with E-state index in [1.54, 1.807) is 36.4 Å². The lowest BCUT2D eigenvalue weighted by atomic mass is 9.85. The predicted molar refractivity (Wildman–Crippen MR) is 109 cm³/mol. The molecule has 0 heterocycles. The van der Waals surface area contributed by atoms with Crippen molar-refractivity contribution in [1.82, 2.24) is 0 Å². The number of hydrogen-bond acceptors (Lipinski definition) is 5. The molecular weight excluding hydrogens is 388 g/mol. The van der Waals surface area contributed by atoms with Crippen LogP contribution in [0, 0.1) is 10.1 Å². The summed E-state index contributed by atoms with van der Waals surface area (Å²) in [6.45, 7) is 0. The van der Waals surface area contributed by atoms with Gasteiger partial charge in [-0.1, -0.05) is 48.5 Å². The van der Waals surface area contributed by atoms with Gasteiger partial charge in [-0.2, -0.15) is 0 Å². The fourth-order valence-electron chi connectivity index (χ4n) is 3.15. The minimum absolute atomic E-state index is 0.0259. The lowest BCUT2D eigenvalue weighted by Crippen LogP contribution is -2.37. The van der Waals surface area contributed by atoms with Crippen molar-refractivity contribution in [3.8, 4) is 0 Å². The number of carbonyl (C=O) groups excluding carboxylic acids is 1. The third-order valence-electron chi connectivity index (χ3n) is 4.78. The number of carbonyl (C=O) groups is 2. The van der Waals surface area contributed by atoms with Gasteiger partial charge in [-0.15, -0.1) is 0 Å². The minimum Gasteiger partial charge on any atom is -0.479 e. The number of hydrogen-bond donors (Lipinski definition) is 2.